The van der Waals surface area contributed by atoms with E-state index < -0.39 is 0 Å². The summed E-state index contributed by atoms with van der Waals surface area (Å²) in [5.74, 6) is 1.76. The second-order valence-corrected chi connectivity index (χ2v) is 4.46. The van der Waals surface area contributed by atoms with E-state index in [-0.39, 0.29) is 0 Å². The van der Waals surface area contributed by atoms with Crippen LogP contribution in [0.4, 0.5) is 0 Å². The Labute approximate surface area is 112 Å². The molecule has 0 fully saturated rings. The first-order chi connectivity index (χ1) is 8.65. The number of aromatic amines is 1. The molecular formula is C14H16N2OS. The first-order valence-corrected chi connectivity index (χ1v) is 6.30. The monoisotopic (exact) mass is 260 g/mol. The van der Waals surface area contributed by atoms with Gasteiger partial charge in [0.1, 0.15) is 16.2 Å². The zero-order valence-corrected chi connectivity index (χ0v) is 11.6. The van der Waals surface area contributed by atoms with Crippen molar-refractivity contribution < 1.29 is 4.74 Å². The summed E-state index contributed by atoms with van der Waals surface area (Å²) in [4.78, 5) is 7.68. The van der Waals surface area contributed by atoms with Crippen molar-refractivity contribution in [1.82, 2.24) is 9.97 Å². The summed E-state index contributed by atoms with van der Waals surface area (Å²) >= 11 is 5.29. The van der Waals surface area contributed by atoms with E-state index in [1.165, 1.54) is 0 Å². The first-order valence-electron chi connectivity index (χ1n) is 5.90. The Balaban J connectivity index is 2.55. The molecule has 2 rings (SSSR count). The van der Waals surface area contributed by atoms with E-state index in [2.05, 4.69) is 16.9 Å². The predicted octanol–water partition coefficient (Wildman–Crippen LogP) is 3.69. The van der Waals surface area contributed by atoms with Gasteiger partial charge in [-0.2, -0.15) is 0 Å². The zero-order chi connectivity index (χ0) is 13.1. The van der Waals surface area contributed by atoms with Gasteiger partial charge in [-0.05, 0) is 36.8 Å². The van der Waals surface area contributed by atoms with Gasteiger partial charge in [-0.3, -0.25) is 0 Å². The molecule has 1 aromatic carbocycles. The standard InChI is InChI=1S/C14H16N2OS/c1-4-12-15-13(9(2)14(18)16-12)10-5-7-11(17-3)8-6-10/h5-8H,4H2,1-3H3,(H,15,16,18). The maximum Gasteiger partial charge on any atom is 0.133 e. The van der Waals surface area contributed by atoms with Crippen LogP contribution in [0.25, 0.3) is 11.3 Å². The van der Waals surface area contributed by atoms with Gasteiger partial charge in [-0.25, -0.2) is 4.98 Å². The lowest BCUT2D eigenvalue weighted by Crippen LogP contribution is -1.99. The molecule has 0 aliphatic heterocycles. The molecule has 0 aliphatic rings. The van der Waals surface area contributed by atoms with Crippen molar-refractivity contribution >= 4 is 12.2 Å². The Kier molecular flexibility index (Phi) is 3.77. The van der Waals surface area contributed by atoms with Gasteiger partial charge in [-0.1, -0.05) is 19.1 Å². The van der Waals surface area contributed by atoms with Gasteiger partial charge in [-0.15, -0.1) is 0 Å². The molecule has 0 saturated carbocycles. The van der Waals surface area contributed by atoms with Crippen molar-refractivity contribution in [3.8, 4) is 17.0 Å². The van der Waals surface area contributed by atoms with Gasteiger partial charge in [0.25, 0.3) is 0 Å². The molecule has 3 nitrogen and oxygen atoms in total. The molecular weight excluding hydrogens is 244 g/mol. The lowest BCUT2D eigenvalue weighted by Gasteiger charge is -2.09. The highest BCUT2D eigenvalue weighted by atomic mass is 32.1. The Morgan fingerprint density at radius 1 is 1.28 bits per heavy atom. The summed E-state index contributed by atoms with van der Waals surface area (Å²) in [6.45, 7) is 4.05. The number of nitrogens with one attached hydrogen (secondary N) is 1. The van der Waals surface area contributed by atoms with Crippen molar-refractivity contribution in [2.45, 2.75) is 20.3 Å². The first kappa shape index (κ1) is 12.8. The van der Waals surface area contributed by atoms with E-state index in [9.17, 15) is 0 Å². The van der Waals surface area contributed by atoms with E-state index in [4.69, 9.17) is 17.0 Å². The van der Waals surface area contributed by atoms with Crippen LogP contribution in [0.15, 0.2) is 24.3 Å². The van der Waals surface area contributed by atoms with Crippen LogP contribution >= 0.6 is 12.2 Å². The van der Waals surface area contributed by atoms with Crippen molar-refractivity contribution in [2.24, 2.45) is 0 Å². The number of aromatic nitrogens is 2. The number of benzene rings is 1. The molecule has 0 atom stereocenters. The largest absolute Gasteiger partial charge is 0.497 e. The van der Waals surface area contributed by atoms with Crippen LogP contribution in [0.3, 0.4) is 0 Å². The molecule has 4 heteroatoms. The highest BCUT2D eigenvalue weighted by Gasteiger charge is 2.06. The fourth-order valence-corrected chi connectivity index (χ4v) is 2.01. The van der Waals surface area contributed by atoms with E-state index in [0.717, 1.165) is 34.8 Å². The number of hydrogen-bond acceptors (Lipinski definition) is 3. The summed E-state index contributed by atoms with van der Waals surface area (Å²) in [6.07, 6.45) is 0.840. The minimum Gasteiger partial charge on any atom is -0.497 e. The molecule has 18 heavy (non-hydrogen) atoms. The van der Waals surface area contributed by atoms with Crippen LogP contribution in [-0.2, 0) is 6.42 Å². The number of rotatable bonds is 3. The molecule has 1 heterocycles. The van der Waals surface area contributed by atoms with E-state index in [1.54, 1.807) is 7.11 Å². The third kappa shape index (κ3) is 2.43. The second-order valence-electron chi connectivity index (χ2n) is 4.07. The van der Waals surface area contributed by atoms with Gasteiger partial charge in [0.15, 0.2) is 0 Å². The van der Waals surface area contributed by atoms with Crippen LogP contribution in [0.2, 0.25) is 0 Å². The number of hydrogen-bond donors (Lipinski definition) is 1. The smallest absolute Gasteiger partial charge is 0.133 e. The number of H-pyrrole nitrogens is 1. The lowest BCUT2D eigenvalue weighted by atomic mass is 10.1. The lowest BCUT2D eigenvalue weighted by molar-refractivity contribution is 0.415. The minimum atomic E-state index is 0.663. The quantitative estimate of drug-likeness (QED) is 0.855. The number of methoxy groups -OCH3 is 1. The fraction of sp³-hybridized carbons (Fsp3) is 0.286. The molecule has 94 valence electrons. The molecule has 0 radical (unpaired) electrons. The van der Waals surface area contributed by atoms with Gasteiger partial charge >= 0.3 is 0 Å². The summed E-state index contributed by atoms with van der Waals surface area (Å²) < 4.78 is 5.82. The molecule has 1 aromatic heterocycles. The highest BCUT2D eigenvalue weighted by Crippen LogP contribution is 2.24. The SMILES string of the molecule is CCc1nc(=S)c(C)c(-c2ccc(OC)cc2)[nH]1. The topological polar surface area (TPSA) is 37.9 Å². The average molecular weight is 260 g/mol. The summed E-state index contributed by atoms with van der Waals surface area (Å²) in [7, 11) is 1.66. The van der Waals surface area contributed by atoms with Crippen molar-refractivity contribution in [3.05, 3.63) is 40.3 Å². The van der Waals surface area contributed by atoms with E-state index in [0.29, 0.717) is 4.64 Å². The average Bonchev–Trinajstić information content (AvgIpc) is 2.42. The Bertz CT molecular complexity index is 602. The Hall–Kier alpha value is -1.68. The zero-order valence-electron chi connectivity index (χ0n) is 10.8. The van der Waals surface area contributed by atoms with Crippen molar-refractivity contribution in [3.63, 3.8) is 0 Å². The number of nitrogens with zero attached hydrogens (tertiary/aromatic N) is 1. The molecule has 2 aromatic rings. The summed E-state index contributed by atoms with van der Waals surface area (Å²) in [5, 5.41) is 0. The highest BCUT2D eigenvalue weighted by molar-refractivity contribution is 7.71. The third-order valence-electron chi connectivity index (χ3n) is 2.92. The fourth-order valence-electron chi connectivity index (χ4n) is 1.79. The number of aryl methyl sites for hydroxylation is 1. The molecule has 0 amide bonds. The van der Waals surface area contributed by atoms with Crippen LogP contribution in [0.1, 0.15) is 18.3 Å². The predicted molar refractivity (Wildman–Crippen MR) is 75.5 cm³/mol. The second kappa shape index (κ2) is 5.31. The van der Waals surface area contributed by atoms with Gasteiger partial charge in [0.2, 0.25) is 0 Å². The molecule has 1 N–H and O–H groups in total. The Morgan fingerprint density at radius 2 is 1.94 bits per heavy atom. The molecule has 0 aliphatic carbocycles. The van der Waals surface area contributed by atoms with Gasteiger partial charge in [0, 0.05) is 12.0 Å². The third-order valence-corrected chi connectivity index (χ3v) is 3.31. The van der Waals surface area contributed by atoms with E-state index in [1.807, 2.05) is 31.2 Å². The normalized spacial score (nSPS) is 10.4. The maximum atomic E-state index is 5.29. The number of ether oxygens (including phenoxy) is 1. The molecule has 0 saturated heterocycles. The summed E-state index contributed by atoms with van der Waals surface area (Å²) in [5.41, 5.74) is 3.14. The molecule has 0 spiro atoms. The van der Waals surface area contributed by atoms with Crippen LogP contribution < -0.4 is 4.74 Å². The minimum absolute atomic E-state index is 0.663. The molecule has 0 unspecified atom stereocenters. The van der Waals surface area contributed by atoms with Crippen LogP contribution in [0.5, 0.6) is 5.75 Å². The van der Waals surface area contributed by atoms with Crippen LogP contribution in [0, 0.1) is 11.6 Å². The van der Waals surface area contributed by atoms with Crippen molar-refractivity contribution in [2.75, 3.05) is 7.11 Å². The van der Waals surface area contributed by atoms with E-state index >= 15 is 0 Å². The Morgan fingerprint density at radius 3 is 2.50 bits per heavy atom. The maximum absolute atomic E-state index is 5.29. The molecule has 0 bridgehead atoms. The van der Waals surface area contributed by atoms with Crippen molar-refractivity contribution in [1.29, 1.82) is 0 Å². The van der Waals surface area contributed by atoms with Gasteiger partial charge < -0.3 is 9.72 Å². The van der Waals surface area contributed by atoms with Gasteiger partial charge in [0.05, 0.1) is 12.8 Å². The summed E-state index contributed by atoms with van der Waals surface area (Å²) in [6, 6.07) is 7.92. The van der Waals surface area contributed by atoms with Crippen LogP contribution in [-0.4, -0.2) is 17.1 Å².